The zero-order chi connectivity index (χ0) is 3.41. The third-order valence-electron chi connectivity index (χ3n) is 0.0364. The van der Waals surface area contributed by atoms with E-state index in [1.807, 2.05) is 0 Å². The molecular formula is CHO2Re. The first-order valence-electron chi connectivity index (χ1n) is 0.626. The molecule has 0 aromatic heterocycles. The van der Waals surface area contributed by atoms with Crippen molar-refractivity contribution in [2.75, 3.05) is 0 Å². The molecule has 0 saturated heterocycles. The van der Waals surface area contributed by atoms with E-state index in [1.54, 1.807) is 0 Å². The van der Waals surface area contributed by atoms with E-state index in [1.165, 1.54) is 0 Å². The van der Waals surface area contributed by atoms with Gasteiger partial charge in [-0.25, -0.2) is 0 Å². The van der Waals surface area contributed by atoms with Crippen LogP contribution in [0.1, 0.15) is 0 Å². The quantitative estimate of drug-likeness (QED) is 0.575. The molecule has 0 radical (unpaired) electrons. The monoisotopic (exact) mass is 232 g/mol. The Morgan fingerprint density at radius 2 is 2.25 bits per heavy atom. The van der Waals surface area contributed by atoms with E-state index in [4.69, 9.17) is 4.79 Å². The van der Waals surface area contributed by atoms with Gasteiger partial charge in [0.05, 0.1) is 0 Å². The van der Waals surface area contributed by atoms with E-state index in [-0.39, 0.29) is 0 Å². The normalized spacial score (nSPS) is 5.25. The fourth-order valence-corrected chi connectivity index (χ4v) is 0. The van der Waals surface area contributed by atoms with Gasteiger partial charge in [0.25, 0.3) is 0 Å². The predicted octanol–water partition coefficient (Wildman–Crippen LogP) is -0.379. The molecule has 0 aromatic rings. The van der Waals surface area contributed by atoms with E-state index >= 15 is 0 Å². The second-order valence-corrected chi connectivity index (χ2v) is 0.825. The fraction of sp³-hybridized carbons (Fsp3) is 0. The van der Waals surface area contributed by atoms with Crippen molar-refractivity contribution in [2.24, 2.45) is 0 Å². The molecule has 0 rings (SSSR count). The minimum absolute atomic E-state index is 0.400. The third-order valence-corrected chi connectivity index (χ3v) is 0.298. The van der Waals surface area contributed by atoms with Crippen LogP contribution >= 0.6 is 0 Å². The third kappa shape index (κ3) is 2.13. The van der Waals surface area contributed by atoms with Crippen LogP contribution in [-0.2, 0) is 27.8 Å². The van der Waals surface area contributed by atoms with Gasteiger partial charge in [-0.3, -0.25) is 0 Å². The van der Waals surface area contributed by atoms with Gasteiger partial charge in [-0.15, -0.1) is 0 Å². The minimum atomic E-state index is 0.400. The molecule has 0 aliphatic carbocycles. The molecule has 3 heteroatoms. The molecule has 0 bridgehead atoms. The van der Waals surface area contributed by atoms with Gasteiger partial charge in [-0.2, -0.15) is 0 Å². The van der Waals surface area contributed by atoms with Crippen LogP contribution in [0.3, 0.4) is 0 Å². The summed E-state index contributed by atoms with van der Waals surface area (Å²) in [7, 11) is 0. The molecule has 0 unspecified atom stereocenters. The van der Waals surface area contributed by atoms with Crippen LogP contribution in [0.5, 0.6) is 0 Å². The van der Waals surface area contributed by atoms with Gasteiger partial charge in [0.2, 0.25) is 0 Å². The molecule has 0 N–H and O–H groups in total. The van der Waals surface area contributed by atoms with Crippen LogP contribution in [0.2, 0.25) is 0 Å². The zero-order valence-electron chi connectivity index (χ0n) is 1.77. The van der Waals surface area contributed by atoms with Crippen LogP contribution in [0.4, 0.5) is 0 Å². The molecule has 0 aliphatic rings. The SMILES string of the molecule is O=C[O][Re]. The summed E-state index contributed by atoms with van der Waals surface area (Å²) >= 11 is 0.996. The van der Waals surface area contributed by atoms with Crippen molar-refractivity contribution in [3.8, 4) is 0 Å². The Morgan fingerprint density at radius 3 is 2.25 bits per heavy atom. The average molecular weight is 231 g/mol. The van der Waals surface area contributed by atoms with Crippen molar-refractivity contribution < 1.29 is 27.8 Å². The summed E-state index contributed by atoms with van der Waals surface area (Å²) in [6.45, 7) is 0.400. The van der Waals surface area contributed by atoms with Crippen molar-refractivity contribution >= 4 is 6.47 Å². The Kier molecular flexibility index (Phi) is 3.24. The van der Waals surface area contributed by atoms with Crippen LogP contribution < -0.4 is 0 Å². The summed E-state index contributed by atoms with van der Waals surface area (Å²) in [6.07, 6.45) is 0. The summed E-state index contributed by atoms with van der Waals surface area (Å²) < 4.78 is 3.92. The summed E-state index contributed by atoms with van der Waals surface area (Å²) in [5.74, 6) is 0. The zero-order valence-corrected chi connectivity index (χ0v) is 4.49. The first kappa shape index (κ1) is 4.13. The van der Waals surface area contributed by atoms with Crippen molar-refractivity contribution in [3.05, 3.63) is 0 Å². The van der Waals surface area contributed by atoms with Crippen LogP contribution in [-0.4, -0.2) is 6.47 Å². The molecule has 4 heavy (non-hydrogen) atoms. The molecule has 0 aromatic carbocycles. The van der Waals surface area contributed by atoms with Gasteiger partial charge in [0.1, 0.15) is 0 Å². The number of hydrogen-bond acceptors (Lipinski definition) is 2. The summed E-state index contributed by atoms with van der Waals surface area (Å²) in [5.41, 5.74) is 0. The molecule has 0 aliphatic heterocycles. The van der Waals surface area contributed by atoms with E-state index in [0.29, 0.717) is 6.47 Å². The van der Waals surface area contributed by atoms with Crippen molar-refractivity contribution in [3.63, 3.8) is 0 Å². The van der Waals surface area contributed by atoms with Crippen molar-refractivity contribution in [2.45, 2.75) is 0 Å². The molecule has 0 fully saturated rings. The van der Waals surface area contributed by atoms with E-state index < -0.39 is 0 Å². The summed E-state index contributed by atoms with van der Waals surface area (Å²) in [5, 5.41) is 0. The van der Waals surface area contributed by atoms with E-state index in [9.17, 15) is 0 Å². The molecule has 0 amide bonds. The molecule has 0 atom stereocenters. The Morgan fingerprint density at radius 1 is 2.00 bits per heavy atom. The average Bonchev–Trinajstić information content (AvgIpc) is 1.37. The first-order chi connectivity index (χ1) is 1.91. The van der Waals surface area contributed by atoms with E-state index in [0.717, 1.165) is 19.6 Å². The maximum absolute atomic E-state index is 8.97. The molecule has 0 spiro atoms. The number of carbonyl (C=O) groups excluding carboxylic acids is 1. The predicted molar refractivity (Wildman–Crippen MR) is 7.15 cm³/mol. The fourth-order valence-electron chi connectivity index (χ4n) is 0. The van der Waals surface area contributed by atoms with Crippen molar-refractivity contribution in [1.29, 1.82) is 0 Å². The Labute approximate surface area is 35.0 Å². The number of rotatable bonds is 1. The maximum atomic E-state index is 8.97. The Hall–Kier alpha value is 0.132. The number of hydrogen-bond donors (Lipinski definition) is 0. The molecule has 24 valence electrons. The summed E-state index contributed by atoms with van der Waals surface area (Å²) in [4.78, 5) is 8.97. The van der Waals surface area contributed by atoms with Crippen molar-refractivity contribution in [1.82, 2.24) is 0 Å². The summed E-state index contributed by atoms with van der Waals surface area (Å²) in [6, 6.07) is 0. The van der Waals surface area contributed by atoms with Gasteiger partial charge < -0.3 is 0 Å². The van der Waals surface area contributed by atoms with Gasteiger partial charge in [0, 0.05) is 0 Å². The van der Waals surface area contributed by atoms with Gasteiger partial charge >= 0.3 is 34.3 Å². The second-order valence-electron chi connectivity index (χ2n) is 0.185. The van der Waals surface area contributed by atoms with Gasteiger partial charge in [0.15, 0.2) is 0 Å². The van der Waals surface area contributed by atoms with E-state index in [2.05, 4.69) is 3.46 Å². The molecular weight excluding hydrogens is 230 g/mol. The van der Waals surface area contributed by atoms with Crippen LogP contribution in [0.25, 0.3) is 0 Å². The Bertz CT molecular complexity index is 20.0. The second kappa shape index (κ2) is 3.13. The topological polar surface area (TPSA) is 26.3 Å². The van der Waals surface area contributed by atoms with Crippen LogP contribution in [0.15, 0.2) is 0 Å². The first-order valence-corrected chi connectivity index (χ1v) is 1.73. The molecule has 2 nitrogen and oxygen atoms in total. The van der Waals surface area contributed by atoms with Gasteiger partial charge in [-0.1, -0.05) is 0 Å². The standard InChI is InChI=1S/CH2O2.Re/c2-1-3;/h1H,(H,2,3);/q;+1/p-1. The molecule has 0 heterocycles. The van der Waals surface area contributed by atoms with Crippen LogP contribution in [0, 0.1) is 0 Å². The molecule has 0 saturated carbocycles. The Balaban J connectivity index is 2.30. The number of carbonyl (C=O) groups is 1. The van der Waals surface area contributed by atoms with Gasteiger partial charge in [-0.05, 0) is 0 Å².